The molecule has 2 N–H and O–H groups in total. The lowest BCUT2D eigenvalue weighted by molar-refractivity contribution is -0.114. The smallest absolute Gasteiger partial charge is 0.221 e. The average Bonchev–Trinajstić information content (AvgIpc) is 2.41. The zero-order chi connectivity index (χ0) is 13.5. The summed E-state index contributed by atoms with van der Waals surface area (Å²) in [5, 5.41) is 6.26. The van der Waals surface area contributed by atoms with Gasteiger partial charge in [0.15, 0.2) is 0 Å². The lowest BCUT2D eigenvalue weighted by atomic mass is 10.1. The highest BCUT2D eigenvalue weighted by Crippen LogP contribution is 2.15. The molecule has 1 fully saturated rings. The summed E-state index contributed by atoms with van der Waals surface area (Å²) in [5.41, 5.74) is 1.99. The number of anilines is 1. The van der Waals surface area contributed by atoms with Gasteiger partial charge in [0.1, 0.15) is 0 Å². The van der Waals surface area contributed by atoms with Crippen molar-refractivity contribution in [2.45, 2.75) is 38.8 Å². The predicted octanol–water partition coefficient (Wildman–Crippen LogP) is 2.30. The second-order valence-corrected chi connectivity index (χ2v) is 4.96. The molecule has 4 nitrogen and oxygen atoms in total. The molecule has 1 amide bonds. The summed E-state index contributed by atoms with van der Waals surface area (Å²) in [6.07, 6.45) is 3.92. The van der Waals surface area contributed by atoms with Crippen molar-refractivity contribution in [3.8, 4) is 0 Å². The summed E-state index contributed by atoms with van der Waals surface area (Å²) < 4.78 is 5.68. The minimum Gasteiger partial charge on any atom is -0.377 e. The van der Waals surface area contributed by atoms with E-state index in [0.29, 0.717) is 6.10 Å². The van der Waals surface area contributed by atoms with Crippen LogP contribution in [-0.4, -0.2) is 25.2 Å². The lowest BCUT2D eigenvalue weighted by Crippen LogP contribution is -2.31. The quantitative estimate of drug-likeness (QED) is 0.856. The van der Waals surface area contributed by atoms with Crippen molar-refractivity contribution in [1.82, 2.24) is 5.32 Å². The fourth-order valence-corrected chi connectivity index (χ4v) is 2.32. The number of rotatable bonds is 5. The van der Waals surface area contributed by atoms with E-state index in [1.54, 1.807) is 0 Å². The molecule has 0 saturated carbocycles. The molecule has 1 unspecified atom stereocenters. The van der Waals surface area contributed by atoms with E-state index in [2.05, 4.69) is 10.6 Å². The van der Waals surface area contributed by atoms with Crippen molar-refractivity contribution in [2.24, 2.45) is 0 Å². The van der Waals surface area contributed by atoms with E-state index in [1.807, 2.05) is 24.3 Å². The van der Waals surface area contributed by atoms with Crippen molar-refractivity contribution >= 4 is 11.6 Å². The van der Waals surface area contributed by atoms with E-state index in [9.17, 15) is 4.79 Å². The van der Waals surface area contributed by atoms with Gasteiger partial charge in [-0.25, -0.2) is 0 Å². The second-order valence-electron chi connectivity index (χ2n) is 4.96. The Labute approximate surface area is 114 Å². The summed E-state index contributed by atoms with van der Waals surface area (Å²) in [4.78, 5) is 11.1. The molecular formula is C15H22N2O2. The molecule has 0 aromatic heterocycles. The lowest BCUT2D eigenvalue weighted by Gasteiger charge is -2.23. The fourth-order valence-electron chi connectivity index (χ4n) is 2.32. The van der Waals surface area contributed by atoms with Gasteiger partial charge < -0.3 is 15.4 Å². The maximum absolute atomic E-state index is 11.1. The van der Waals surface area contributed by atoms with E-state index < -0.39 is 0 Å². The minimum absolute atomic E-state index is 0.0388. The zero-order valence-corrected chi connectivity index (χ0v) is 11.4. The van der Waals surface area contributed by atoms with Crippen LogP contribution in [0.4, 0.5) is 5.69 Å². The van der Waals surface area contributed by atoms with Crippen molar-refractivity contribution in [3.05, 3.63) is 29.8 Å². The molecule has 1 aromatic rings. The molecule has 0 aliphatic carbocycles. The van der Waals surface area contributed by atoms with Gasteiger partial charge in [-0.2, -0.15) is 0 Å². The number of hydrogen-bond acceptors (Lipinski definition) is 3. The summed E-state index contributed by atoms with van der Waals surface area (Å²) in [5.74, 6) is -0.0388. The van der Waals surface area contributed by atoms with Gasteiger partial charge in [0.25, 0.3) is 0 Å². The molecule has 0 bridgehead atoms. The molecule has 19 heavy (non-hydrogen) atoms. The zero-order valence-electron chi connectivity index (χ0n) is 11.4. The van der Waals surface area contributed by atoms with Crippen LogP contribution in [0.15, 0.2) is 24.3 Å². The molecule has 1 aliphatic rings. The Kier molecular flexibility index (Phi) is 5.36. The highest BCUT2D eigenvalue weighted by molar-refractivity contribution is 5.89. The SMILES string of the molecule is CC(=O)Nc1ccccc1CNCC1CCCCO1. The van der Waals surface area contributed by atoms with Crippen LogP contribution in [0.3, 0.4) is 0 Å². The molecule has 1 saturated heterocycles. The van der Waals surface area contributed by atoms with Crippen LogP contribution >= 0.6 is 0 Å². The largest absolute Gasteiger partial charge is 0.377 e. The van der Waals surface area contributed by atoms with Crippen molar-refractivity contribution in [3.63, 3.8) is 0 Å². The van der Waals surface area contributed by atoms with Gasteiger partial charge >= 0.3 is 0 Å². The summed E-state index contributed by atoms with van der Waals surface area (Å²) in [6, 6.07) is 7.87. The van der Waals surface area contributed by atoms with E-state index in [4.69, 9.17) is 4.74 Å². The Hall–Kier alpha value is -1.39. The third-order valence-electron chi connectivity index (χ3n) is 3.29. The number of ether oxygens (including phenoxy) is 1. The van der Waals surface area contributed by atoms with E-state index in [-0.39, 0.29) is 5.91 Å². The first kappa shape index (κ1) is 14.0. The summed E-state index contributed by atoms with van der Waals surface area (Å²) in [6.45, 7) is 4.03. The molecule has 1 heterocycles. The van der Waals surface area contributed by atoms with Gasteiger partial charge in [0, 0.05) is 32.3 Å². The number of nitrogens with one attached hydrogen (secondary N) is 2. The number of benzene rings is 1. The first-order chi connectivity index (χ1) is 9.25. The first-order valence-corrected chi connectivity index (χ1v) is 6.93. The van der Waals surface area contributed by atoms with Gasteiger partial charge in [-0.05, 0) is 30.9 Å². The maximum Gasteiger partial charge on any atom is 0.221 e. The fraction of sp³-hybridized carbons (Fsp3) is 0.533. The Balaban J connectivity index is 1.83. The van der Waals surface area contributed by atoms with E-state index >= 15 is 0 Å². The normalized spacial score (nSPS) is 19.1. The maximum atomic E-state index is 11.1. The van der Waals surface area contributed by atoms with Gasteiger partial charge in [-0.15, -0.1) is 0 Å². The standard InChI is InChI=1S/C15H22N2O2/c1-12(18)17-15-8-3-2-6-13(15)10-16-11-14-7-4-5-9-19-14/h2-3,6,8,14,16H,4-5,7,9-11H2,1H3,(H,17,18). The van der Waals surface area contributed by atoms with Crippen LogP contribution in [-0.2, 0) is 16.1 Å². The van der Waals surface area contributed by atoms with Crippen LogP contribution in [0.1, 0.15) is 31.7 Å². The molecule has 4 heteroatoms. The van der Waals surface area contributed by atoms with E-state index in [0.717, 1.165) is 37.4 Å². The van der Waals surface area contributed by atoms with Crippen LogP contribution in [0.2, 0.25) is 0 Å². The van der Waals surface area contributed by atoms with Crippen molar-refractivity contribution in [2.75, 3.05) is 18.5 Å². The topological polar surface area (TPSA) is 50.4 Å². The van der Waals surface area contributed by atoms with Gasteiger partial charge in [0.2, 0.25) is 5.91 Å². The summed E-state index contributed by atoms with van der Waals surface area (Å²) in [7, 11) is 0. The number of amides is 1. The highest BCUT2D eigenvalue weighted by atomic mass is 16.5. The molecule has 1 atom stereocenters. The third kappa shape index (κ3) is 4.65. The van der Waals surface area contributed by atoms with Crippen LogP contribution in [0.25, 0.3) is 0 Å². The number of carbonyl (C=O) groups is 1. The third-order valence-corrected chi connectivity index (χ3v) is 3.29. The van der Waals surface area contributed by atoms with Crippen LogP contribution in [0, 0.1) is 0 Å². The Morgan fingerprint density at radius 3 is 2.95 bits per heavy atom. The van der Waals surface area contributed by atoms with Crippen LogP contribution < -0.4 is 10.6 Å². The van der Waals surface area contributed by atoms with Gasteiger partial charge in [-0.1, -0.05) is 18.2 Å². The molecule has 1 aliphatic heterocycles. The van der Waals surface area contributed by atoms with Gasteiger partial charge in [-0.3, -0.25) is 4.79 Å². The van der Waals surface area contributed by atoms with Crippen LogP contribution in [0.5, 0.6) is 0 Å². The van der Waals surface area contributed by atoms with Gasteiger partial charge in [0.05, 0.1) is 6.10 Å². The Morgan fingerprint density at radius 1 is 1.37 bits per heavy atom. The number of para-hydroxylation sites is 1. The molecule has 2 rings (SSSR count). The Morgan fingerprint density at radius 2 is 2.21 bits per heavy atom. The first-order valence-electron chi connectivity index (χ1n) is 6.93. The second kappa shape index (κ2) is 7.26. The monoisotopic (exact) mass is 262 g/mol. The highest BCUT2D eigenvalue weighted by Gasteiger charge is 2.13. The summed E-state index contributed by atoms with van der Waals surface area (Å²) >= 11 is 0. The predicted molar refractivity (Wildman–Crippen MR) is 76.0 cm³/mol. The molecular weight excluding hydrogens is 240 g/mol. The molecule has 104 valence electrons. The number of carbonyl (C=O) groups excluding carboxylic acids is 1. The number of hydrogen-bond donors (Lipinski definition) is 2. The molecule has 0 spiro atoms. The van der Waals surface area contributed by atoms with Crippen molar-refractivity contribution in [1.29, 1.82) is 0 Å². The molecule has 1 aromatic carbocycles. The minimum atomic E-state index is -0.0388. The van der Waals surface area contributed by atoms with Crippen molar-refractivity contribution < 1.29 is 9.53 Å². The van der Waals surface area contributed by atoms with E-state index in [1.165, 1.54) is 19.8 Å². The Bertz CT molecular complexity index is 414. The molecule has 0 radical (unpaired) electrons. The average molecular weight is 262 g/mol.